The molecule has 2 radical (unpaired) electrons. The maximum atomic E-state index is 2.51. The van der Waals surface area contributed by atoms with Gasteiger partial charge in [-0.2, -0.15) is 0 Å². The van der Waals surface area contributed by atoms with Gasteiger partial charge in [-0.05, 0) is 0 Å². The summed E-state index contributed by atoms with van der Waals surface area (Å²) in [5.41, 5.74) is 2.76. The van der Waals surface area contributed by atoms with Crippen molar-refractivity contribution >= 4 is 74.0 Å². The van der Waals surface area contributed by atoms with Gasteiger partial charge in [0.2, 0.25) is 0 Å². The van der Waals surface area contributed by atoms with E-state index >= 15 is 0 Å². The van der Waals surface area contributed by atoms with Crippen molar-refractivity contribution in [2.75, 3.05) is 6.26 Å². The van der Waals surface area contributed by atoms with Gasteiger partial charge >= 0.3 is 162 Å². The Morgan fingerprint density at radius 3 is 2.32 bits per heavy atom. The van der Waals surface area contributed by atoms with Crippen LogP contribution >= 0.6 is 38.6 Å². The molecule has 1 aliphatic heterocycles. The summed E-state index contributed by atoms with van der Waals surface area (Å²) in [5, 5.41) is 0. The predicted octanol–water partition coefficient (Wildman–Crippen LogP) is 6.73. The van der Waals surface area contributed by atoms with Gasteiger partial charge in [-0.25, -0.2) is 0 Å². The molecule has 0 nitrogen and oxygen atoms in total. The van der Waals surface area contributed by atoms with E-state index in [0.29, 0.717) is 0 Å². The predicted molar refractivity (Wildman–Crippen MR) is 110 cm³/mol. The third-order valence-corrected chi connectivity index (χ3v) is 26.5. The molecule has 0 aliphatic carbocycles. The van der Waals surface area contributed by atoms with Crippen LogP contribution in [0, 0.1) is 0 Å². The molecule has 22 heavy (non-hydrogen) atoms. The van der Waals surface area contributed by atoms with E-state index in [2.05, 4.69) is 84.3 Å². The van der Waals surface area contributed by atoms with Crippen molar-refractivity contribution in [3.63, 3.8) is 0 Å². The summed E-state index contributed by atoms with van der Waals surface area (Å²) < 4.78 is 0. The van der Waals surface area contributed by atoms with Crippen molar-refractivity contribution < 1.29 is 0 Å². The van der Waals surface area contributed by atoms with Crippen molar-refractivity contribution in [2.24, 2.45) is 0 Å². The Morgan fingerprint density at radius 1 is 0.909 bits per heavy atom. The number of benzene rings is 2. The first kappa shape index (κ1) is 18.2. The summed E-state index contributed by atoms with van der Waals surface area (Å²) in [7, 11) is 6.49. The minimum atomic E-state index is -1.91. The minimum absolute atomic E-state index is 0.288. The molecule has 1 aliphatic rings. The molecule has 0 amide bonds. The summed E-state index contributed by atoms with van der Waals surface area (Å²) in [4.78, 5) is 13.4. The molecule has 0 bridgehead atoms. The van der Waals surface area contributed by atoms with Crippen LogP contribution in [-0.2, 0) is 0 Å². The van der Waals surface area contributed by atoms with Crippen LogP contribution in [0.4, 0.5) is 0 Å². The van der Waals surface area contributed by atoms with Gasteiger partial charge in [-0.3, -0.25) is 0 Å². The van der Waals surface area contributed by atoms with E-state index in [1.165, 1.54) is 30.7 Å². The number of hydrogen-bond donors (Lipinski definition) is 0. The first-order chi connectivity index (χ1) is 10.5. The molecule has 0 spiro atoms. The van der Waals surface area contributed by atoms with Crippen LogP contribution in [0.25, 0.3) is 11.1 Å². The zero-order chi connectivity index (χ0) is 15.7. The molecule has 2 aromatic carbocycles. The van der Waals surface area contributed by atoms with E-state index in [4.69, 9.17) is 0 Å². The first-order valence-electron chi connectivity index (χ1n) is 7.06. The molecule has 114 valence electrons. The van der Waals surface area contributed by atoms with Gasteiger partial charge in [-0.1, -0.05) is 0 Å². The van der Waals surface area contributed by atoms with Gasteiger partial charge < -0.3 is 0 Å². The number of thioether (sulfide) groups is 1. The monoisotopic (exact) mass is 578 g/mol. The van der Waals surface area contributed by atoms with Crippen LogP contribution in [0.5, 0.6) is 0 Å². The van der Waals surface area contributed by atoms with Crippen molar-refractivity contribution in [1.29, 1.82) is 0 Å². The summed E-state index contributed by atoms with van der Waals surface area (Å²) >= 11 is -0.332. The topological polar surface area (TPSA) is 0 Å². The summed E-state index contributed by atoms with van der Waals surface area (Å²) in [6, 6.07) is 14.1. The Hall–Kier alpha value is 1.44. The summed E-state index contributed by atoms with van der Waals surface area (Å²) in [6.45, 7) is 0. The van der Waals surface area contributed by atoms with Crippen LogP contribution in [0.1, 0.15) is 0 Å². The van der Waals surface area contributed by atoms with Gasteiger partial charge in [0.15, 0.2) is 0 Å². The molecule has 6 heteroatoms. The Balaban J connectivity index is 1.97. The van der Waals surface area contributed by atoms with E-state index < -0.39 is 15.6 Å². The summed E-state index contributed by atoms with van der Waals surface area (Å²) in [5.74, 6) is 0. The quantitative estimate of drug-likeness (QED) is 0.293. The Morgan fingerprint density at radius 2 is 1.59 bits per heavy atom. The average Bonchev–Trinajstić information content (AvgIpc) is 2.80. The van der Waals surface area contributed by atoms with Crippen LogP contribution in [0.15, 0.2) is 56.0 Å². The molecule has 3 rings (SSSR count). The average molecular weight is 576 g/mol. The zero-order valence-corrected chi connectivity index (χ0v) is 22.1. The van der Waals surface area contributed by atoms with Gasteiger partial charge in [0.05, 0.1) is 0 Å². The van der Waals surface area contributed by atoms with E-state index in [9.17, 15) is 0 Å². The Kier molecular flexibility index (Phi) is 6.44. The number of hydrogen-bond acceptors (Lipinski definition) is 4. The number of rotatable bonds is 4. The fourth-order valence-electron chi connectivity index (χ4n) is 2.45. The molecular weight excluding hydrogens is 558 g/mol. The molecule has 0 aromatic heterocycles. The number of fused-ring (bicyclic) bond motifs is 1. The Bertz CT molecular complexity index is 701. The molecule has 2 aromatic rings. The normalized spacial score (nSPS) is 15.8. The molecule has 0 saturated carbocycles. The van der Waals surface area contributed by atoms with Crippen molar-refractivity contribution in [1.82, 2.24) is 0 Å². The standard InChI is InChI=1S/C13H12S4.3CH3.2Sn/c1-17-13-5-3-9(7-12(13)16)8-2-4-10(14)11(15)6-8;;;;;/h2-7,14-16H,1H3;3*1H3;;/q;;;;+1;+2/p-3. The third-order valence-electron chi connectivity index (χ3n) is 3.36. The first-order valence-corrected chi connectivity index (χ1v) is 29.8. The van der Waals surface area contributed by atoms with E-state index in [0.717, 1.165) is 0 Å². The molecular formula is C16H18S4Sn2. The molecule has 0 fully saturated rings. The molecule has 0 N–H and O–H groups in total. The molecule has 0 saturated heterocycles. The maximum absolute atomic E-state index is 2.51. The van der Waals surface area contributed by atoms with Crippen molar-refractivity contribution in [3.8, 4) is 11.1 Å². The second-order valence-electron chi connectivity index (χ2n) is 5.44. The molecule has 1 heterocycles. The van der Waals surface area contributed by atoms with Crippen LogP contribution in [-0.4, -0.2) is 41.6 Å². The molecule has 0 atom stereocenters. The summed E-state index contributed by atoms with van der Waals surface area (Å²) in [6.07, 6.45) is 2.18. The van der Waals surface area contributed by atoms with E-state index in [1.54, 1.807) is 0 Å². The fourth-order valence-corrected chi connectivity index (χ4v) is 27.9. The van der Waals surface area contributed by atoms with Gasteiger partial charge in [0.25, 0.3) is 0 Å². The van der Waals surface area contributed by atoms with Gasteiger partial charge in [-0.15, -0.1) is 0 Å². The van der Waals surface area contributed by atoms with Crippen molar-refractivity contribution in [2.45, 2.75) is 34.4 Å². The SMILES string of the molecule is CSc1ccc(-c2ccc3c(c2)[S][Sn]([CH3])([CH3])[S]3)cc1[S][Sn][CH3]. The zero-order valence-electron chi connectivity index (χ0n) is 13.1. The second-order valence-corrected chi connectivity index (χ2v) is 40.8. The molecule has 0 unspecified atom stereocenters. The van der Waals surface area contributed by atoms with Crippen LogP contribution < -0.4 is 0 Å². The van der Waals surface area contributed by atoms with Crippen molar-refractivity contribution in [3.05, 3.63) is 36.4 Å². The fraction of sp³-hybridized carbons (Fsp3) is 0.250. The van der Waals surface area contributed by atoms with Crippen LogP contribution in [0.2, 0.25) is 14.8 Å². The van der Waals surface area contributed by atoms with Gasteiger partial charge in [0, 0.05) is 0 Å². The van der Waals surface area contributed by atoms with E-state index in [-0.39, 0.29) is 19.8 Å². The second kappa shape index (κ2) is 7.77. The third kappa shape index (κ3) is 4.15. The van der Waals surface area contributed by atoms with E-state index in [1.807, 2.05) is 11.8 Å². The van der Waals surface area contributed by atoms with Gasteiger partial charge in [0.1, 0.15) is 0 Å². The van der Waals surface area contributed by atoms with Crippen LogP contribution in [0.3, 0.4) is 0 Å². The Labute approximate surface area is 160 Å².